The molecular formula is C15H18N2O2. The van der Waals surface area contributed by atoms with Gasteiger partial charge in [-0.05, 0) is 50.1 Å². The molecule has 1 fully saturated rings. The van der Waals surface area contributed by atoms with Crippen LogP contribution < -0.4 is 10.1 Å². The van der Waals surface area contributed by atoms with E-state index in [-0.39, 0.29) is 6.04 Å². The Morgan fingerprint density at radius 2 is 2.32 bits per heavy atom. The maximum absolute atomic E-state index is 5.87. The van der Waals surface area contributed by atoms with Crippen molar-refractivity contribution >= 4 is 0 Å². The highest BCUT2D eigenvalue weighted by molar-refractivity contribution is 5.59. The Hall–Kier alpha value is -1.81. The van der Waals surface area contributed by atoms with Crippen LogP contribution in [0, 0.1) is 6.92 Å². The molecule has 2 heterocycles. The summed E-state index contributed by atoms with van der Waals surface area (Å²) in [6, 6.07) is 6.29. The van der Waals surface area contributed by atoms with Crippen LogP contribution in [0.3, 0.4) is 0 Å². The van der Waals surface area contributed by atoms with Gasteiger partial charge in [0.1, 0.15) is 5.75 Å². The minimum Gasteiger partial charge on any atom is -0.496 e. The highest BCUT2D eigenvalue weighted by Gasteiger charge is 2.21. The lowest BCUT2D eigenvalue weighted by Crippen LogP contribution is -2.12. The van der Waals surface area contributed by atoms with Gasteiger partial charge in [0.25, 0.3) is 0 Å². The molecule has 0 saturated carbocycles. The normalized spacial score (nSPS) is 18.7. The van der Waals surface area contributed by atoms with Crippen LogP contribution in [0.4, 0.5) is 0 Å². The number of rotatable bonds is 3. The van der Waals surface area contributed by atoms with E-state index in [0.29, 0.717) is 0 Å². The smallest absolute Gasteiger partial charge is 0.212 e. The second-order valence-electron chi connectivity index (χ2n) is 4.90. The number of oxazole rings is 1. The first-order chi connectivity index (χ1) is 9.28. The molecule has 1 saturated heterocycles. The predicted octanol–water partition coefficient (Wildman–Crippen LogP) is 3.08. The molecule has 2 aromatic rings. The van der Waals surface area contributed by atoms with E-state index in [9.17, 15) is 0 Å². The Morgan fingerprint density at radius 3 is 3.00 bits per heavy atom. The lowest BCUT2D eigenvalue weighted by atomic mass is 10.1. The van der Waals surface area contributed by atoms with E-state index in [1.54, 1.807) is 13.3 Å². The van der Waals surface area contributed by atoms with Crippen LogP contribution in [0.25, 0.3) is 11.3 Å². The molecule has 19 heavy (non-hydrogen) atoms. The van der Waals surface area contributed by atoms with E-state index in [0.717, 1.165) is 41.5 Å². The van der Waals surface area contributed by atoms with Crippen LogP contribution in [0.2, 0.25) is 0 Å². The summed E-state index contributed by atoms with van der Waals surface area (Å²) < 4.78 is 11.1. The monoisotopic (exact) mass is 258 g/mol. The number of hydrogen-bond donors (Lipinski definition) is 1. The highest BCUT2D eigenvalue weighted by Crippen LogP contribution is 2.29. The second kappa shape index (κ2) is 5.05. The van der Waals surface area contributed by atoms with Crippen LogP contribution in [0.1, 0.15) is 30.3 Å². The molecule has 3 rings (SSSR count). The topological polar surface area (TPSA) is 47.3 Å². The maximum atomic E-state index is 5.87. The van der Waals surface area contributed by atoms with Crippen LogP contribution in [0.5, 0.6) is 5.75 Å². The first-order valence-corrected chi connectivity index (χ1v) is 6.62. The first kappa shape index (κ1) is 12.2. The van der Waals surface area contributed by atoms with Crippen molar-refractivity contribution in [3.8, 4) is 17.1 Å². The molecule has 1 aromatic heterocycles. The third-order valence-corrected chi connectivity index (χ3v) is 3.56. The lowest BCUT2D eigenvalue weighted by Gasteiger charge is -2.06. The number of aromatic nitrogens is 1. The molecule has 0 radical (unpaired) electrons. The van der Waals surface area contributed by atoms with Gasteiger partial charge in [0.2, 0.25) is 5.89 Å². The standard InChI is InChI=1S/C15H18N2O2/c1-10-8-11(5-6-13(10)18-2)14-9-17-15(19-14)12-4-3-7-16-12/h5-6,8-9,12,16H,3-4,7H2,1-2H3. The van der Waals surface area contributed by atoms with E-state index in [1.807, 2.05) is 19.1 Å². The van der Waals surface area contributed by atoms with Gasteiger partial charge in [-0.1, -0.05) is 0 Å². The van der Waals surface area contributed by atoms with Gasteiger partial charge in [0.05, 0.1) is 19.3 Å². The molecule has 0 bridgehead atoms. The van der Waals surface area contributed by atoms with Gasteiger partial charge < -0.3 is 14.5 Å². The van der Waals surface area contributed by atoms with Gasteiger partial charge in [-0.3, -0.25) is 0 Å². The summed E-state index contributed by atoms with van der Waals surface area (Å²) in [4.78, 5) is 4.39. The number of hydrogen-bond acceptors (Lipinski definition) is 4. The Labute approximate surface area is 112 Å². The number of aryl methyl sites for hydroxylation is 1. The summed E-state index contributed by atoms with van der Waals surface area (Å²) >= 11 is 0. The van der Waals surface area contributed by atoms with Crippen molar-refractivity contribution in [2.75, 3.05) is 13.7 Å². The Bertz CT molecular complexity index is 571. The molecule has 0 amide bonds. The Morgan fingerprint density at radius 1 is 1.42 bits per heavy atom. The van der Waals surface area contributed by atoms with Crippen molar-refractivity contribution < 1.29 is 9.15 Å². The van der Waals surface area contributed by atoms with Gasteiger partial charge in [0, 0.05) is 5.56 Å². The number of nitrogens with one attached hydrogen (secondary N) is 1. The fourth-order valence-electron chi connectivity index (χ4n) is 2.51. The van der Waals surface area contributed by atoms with Crippen LogP contribution in [-0.2, 0) is 0 Å². The Balaban J connectivity index is 1.87. The molecule has 1 aromatic carbocycles. The average molecular weight is 258 g/mol. The van der Waals surface area contributed by atoms with Gasteiger partial charge in [-0.15, -0.1) is 0 Å². The van der Waals surface area contributed by atoms with Crippen molar-refractivity contribution in [1.82, 2.24) is 10.3 Å². The summed E-state index contributed by atoms with van der Waals surface area (Å²) in [6.45, 7) is 3.07. The van der Waals surface area contributed by atoms with Crippen molar-refractivity contribution in [2.24, 2.45) is 0 Å². The van der Waals surface area contributed by atoms with Crippen molar-refractivity contribution in [3.05, 3.63) is 35.9 Å². The number of ether oxygens (including phenoxy) is 1. The number of methoxy groups -OCH3 is 1. The van der Waals surface area contributed by atoms with Gasteiger partial charge in [0.15, 0.2) is 5.76 Å². The predicted molar refractivity (Wildman–Crippen MR) is 73.2 cm³/mol. The summed E-state index contributed by atoms with van der Waals surface area (Å²) in [5, 5.41) is 3.39. The SMILES string of the molecule is COc1ccc(-c2cnc(C3CCCN3)o2)cc1C. The molecule has 0 spiro atoms. The molecule has 0 aliphatic carbocycles. The van der Waals surface area contributed by atoms with E-state index in [4.69, 9.17) is 9.15 Å². The minimum absolute atomic E-state index is 0.271. The van der Waals surface area contributed by atoms with Gasteiger partial charge in [-0.2, -0.15) is 0 Å². The molecular weight excluding hydrogens is 240 g/mol. The third-order valence-electron chi connectivity index (χ3n) is 3.56. The molecule has 100 valence electrons. The summed E-state index contributed by atoms with van der Waals surface area (Å²) in [5.41, 5.74) is 2.13. The largest absolute Gasteiger partial charge is 0.496 e. The van der Waals surface area contributed by atoms with E-state index in [2.05, 4.69) is 16.4 Å². The highest BCUT2D eigenvalue weighted by atomic mass is 16.5. The third kappa shape index (κ3) is 2.36. The molecule has 1 aliphatic rings. The van der Waals surface area contributed by atoms with E-state index < -0.39 is 0 Å². The molecule has 4 nitrogen and oxygen atoms in total. The van der Waals surface area contributed by atoms with Crippen molar-refractivity contribution in [3.63, 3.8) is 0 Å². The van der Waals surface area contributed by atoms with E-state index in [1.165, 1.54) is 6.42 Å². The quantitative estimate of drug-likeness (QED) is 0.919. The van der Waals surface area contributed by atoms with Crippen LogP contribution in [-0.4, -0.2) is 18.6 Å². The molecule has 1 unspecified atom stereocenters. The number of nitrogens with zero attached hydrogens (tertiary/aromatic N) is 1. The van der Waals surface area contributed by atoms with Crippen molar-refractivity contribution in [2.45, 2.75) is 25.8 Å². The maximum Gasteiger partial charge on any atom is 0.212 e. The zero-order valence-corrected chi connectivity index (χ0v) is 11.3. The molecule has 1 aliphatic heterocycles. The minimum atomic E-state index is 0.271. The Kier molecular flexibility index (Phi) is 3.25. The zero-order valence-electron chi connectivity index (χ0n) is 11.3. The van der Waals surface area contributed by atoms with Gasteiger partial charge in [-0.25, -0.2) is 4.98 Å². The first-order valence-electron chi connectivity index (χ1n) is 6.62. The van der Waals surface area contributed by atoms with Crippen LogP contribution >= 0.6 is 0 Å². The lowest BCUT2D eigenvalue weighted by molar-refractivity contribution is 0.411. The fourth-order valence-corrected chi connectivity index (χ4v) is 2.51. The molecule has 4 heteroatoms. The molecule has 1 N–H and O–H groups in total. The summed E-state index contributed by atoms with van der Waals surface area (Å²) in [6.07, 6.45) is 4.09. The second-order valence-corrected chi connectivity index (χ2v) is 4.90. The zero-order chi connectivity index (χ0) is 13.2. The molecule has 1 atom stereocenters. The summed E-state index contributed by atoms with van der Waals surface area (Å²) in [5.74, 6) is 2.50. The average Bonchev–Trinajstić information content (AvgIpc) is 3.09. The van der Waals surface area contributed by atoms with Gasteiger partial charge >= 0.3 is 0 Å². The van der Waals surface area contributed by atoms with E-state index >= 15 is 0 Å². The summed E-state index contributed by atoms with van der Waals surface area (Å²) in [7, 11) is 1.68. The van der Waals surface area contributed by atoms with Crippen molar-refractivity contribution in [1.29, 1.82) is 0 Å². The number of benzene rings is 1. The fraction of sp³-hybridized carbons (Fsp3) is 0.400. The van der Waals surface area contributed by atoms with Crippen LogP contribution in [0.15, 0.2) is 28.8 Å².